The van der Waals surface area contributed by atoms with E-state index in [9.17, 15) is 14.0 Å². The van der Waals surface area contributed by atoms with Gasteiger partial charge in [-0.05, 0) is 31.8 Å². The Morgan fingerprint density at radius 2 is 2.29 bits per heavy atom. The number of carbonyl (C=O) groups excluding carboxylic acids is 2. The molecule has 0 unspecified atom stereocenters. The minimum Gasteiger partial charge on any atom is -0.370 e. The van der Waals surface area contributed by atoms with E-state index in [1.165, 1.54) is 17.0 Å². The van der Waals surface area contributed by atoms with Crippen LogP contribution in [-0.2, 0) is 14.3 Å². The Kier molecular flexibility index (Phi) is 6.24. The molecule has 7 nitrogen and oxygen atoms in total. The Morgan fingerprint density at radius 1 is 1.54 bits per heavy atom. The van der Waals surface area contributed by atoms with Crippen molar-refractivity contribution in [2.75, 3.05) is 50.1 Å². The summed E-state index contributed by atoms with van der Waals surface area (Å²) in [6, 6.07) is 3.75. The number of anilines is 2. The first-order chi connectivity index (χ1) is 11.5. The van der Waals surface area contributed by atoms with Crippen molar-refractivity contribution in [1.29, 1.82) is 0 Å². The monoisotopic (exact) mass is 338 g/mol. The van der Waals surface area contributed by atoms with Gasteiger partial charge in [0.25, 0.3) is 5.91 Å². The van der Waals surface area contributed by atoms with E-state index in [1.54, 1.807) is 18.0 Å². The Labute approximate surface area is 140 Å². The van der Waals surface area contributed by atoms with Gasteiger partial charge in [0.2, 0.25) is 5.91 Å². The summed E-state index contributed by atoms with van der Waals surface area (Å²) in [7, 11) is 1.78. The minimum atomic E-state index is -0.602. The number of carbonyl (C=O) groups is 2. The van der Waals surface area contributed by atoms with Crippen LogP contribution in [0.1, 0.15) is 6.92 Å². The predicted octanol–water partition coefficient (Wildman–Crippen LogP) is 0.406. The van der Waals surface area contributed by atoms with Gasteiger partial charge in [-0.25, -0.2) is 4.39 Å². The Hall–Kier alpha value is -2.03. The van der Waals surface area contributed by atoms with Crippen molar-refractivity contribution in [1.82, 2.24) is 4.90 Å². The molecule has 8 heteroatoms. The van der Waals surface area contributed by atoms with E-state index in [4.69, 9.17) is 10.5 Å². The minimum absolute atomic E-state index is 0.0123. The van der Waals surface area contributed by atoms with E-state index in [0.29, 0.717) is 25.4 Å². The molecule has 0 bridgehead atoms. The number of amides is 2. The number of hydrogen-bond acceptors (Lipinski definition) is 5. The first-order valence-electron chi connectivity index (χ1n) is 7.86. The fourth-order valence-corrected chi connectivity index (χ4v) is 2.49. The topological polar surface area (TPSA) is 87.9 Å². The zero-order valence-electron chi connectivity index (χ0n) is 13.9. The highest BCUT2D eigenvalue weighted by Crippen LogP contribution is 2.23. The lowest BCUT2D eigenvalue weighted by Gasteiger charge is -2.27. The summed E-state index contributed by atoms with van der Waals surface area (Å²) in [5.74, 6) is -1.18. The standard InChI is InChI=1S/C16H23FN4O3/c1-3-20(2)14(9-18)16(23)19-13-5-4-11(8-12(13)17)21-6-7-24-10-15(21)22/h4-5,8,14H,3,6-7,9-10,18H2,1-2H3,(H,19,23)/t14-/m0/s1. The van der Waals surface area contributed by atoms with Crippen LogP contribution in [0.4, 0.5) is 15.8 Å². The molecule has 0 aliphatic carbocycles. The maximum Gasteiger partial charge on any atom is 0.253 e. The average Bonchev–Trinajstić information content (AvgIpc) is 2.57. The Balaban J connectivity index is 2.12. The van der Waals surface area contributed by atoms with Crippen molar-refractivity contribution in [2.45, 2.75) is 13.0 Å². The number of morpholine rings is 1. The molecule has 24 heavy (non-hydrogen) atoms. The summed E-state index contributed by atoms with van der Waals surface area (Å²) in [6.07, 6.45) is 0. The van der Waals surface area contributed by atoms with Crippen LogP contribution >= 0.6 is 0 Å². The number of hydrogen-bond donors (Lipinski definition) is 2. The fraction of sp³-hybridized carbons (Fsp3) is 0.500. The molecule has 1 aromatic carbocycles. The smallest absolute Gasteiger partial charge is 0.253 e. The van der Waals surface area contributed by atoms with E-state index >= 15 is 0 Å². The number of benzene rings is 1. The van der Waals surface area contributed by atoms with Crippen LogP contribution in [0.5, 0.6) is 0 Å². The van der Waals surface area contributed by atoms with E-state index in [-0.39, 0.29) is 30.7 Å². The second kappa shape index (κ2) is 8.18. The molecule has 0 radical (unpaired) electrons. The van der Waals surface area contributed by atoms with Gasteiger partial charge in [0.05, 0.1) is 12.3 Å². The highest BCUT2D eigenvalue weighted by molar-refractivity contribution is 5.97. The number of nitrogens with zero attached hydrogens (tertiary/aromatic N) is 2. The van der Waals surface area contributed by atoms with Gasteiger partial charge in [-0.1, -0.05) is 6.92 Å². The maximum atomic E-state index is 14.3. The van der Waals surface area contributed by atoms with Gasteiger partial charge in [0, 0.05) is 18.8 Å². The summed E-state index contributed by atoms with van der Waals surface area (Å²) >= 11 is 0. The number of likely N-dealkylation sites (N-methyl/N-ethyl adjacent to an activating group) is 1. The Bertz CT molecular complexity index is 611. The van der Waals surface area contributed by atoms with Crippen molar-refractivity contribution in [2.24, 2.45) is 5.73 Å². The third-order valence-electron chi connectivity index (χ3n) is 4.06. The molecule has 1 saturated heterocycles. The van der Waals surface area contributed by atoms with Gasteiger partial charge in [0.1, 0.15) is 18.5 Å². The molecule has 0 spiro atoms. The quantitative estimate of drug-likeness (QED) is 0.784. The molecule has 1 aliphatic rings. The van der Waals surface area contributed by atoms with Crippen LogP contribution in [0.2, 0.25) is 0 Å². The molecule has 0 saturated carbocycles. The maximum absolute atomic E-state index is 14.3. The van der Waals surface area contributed by atoms with Crippen molar-refractivity contribution < 1.29 is 18.7 Å². The number of nitrogens with one attached hydrogen (secondary N) is 1. The van der Waals surface area contributed by atoms with Crippen LogP contribution in [0, 0.1) is 5.82 Å². The van der Waals surface area contributed by atoms with Gasteiger partial charge in [-0.3, -0.25) is 14.5 Å². The molecule has 1 aliphatic heterocycles. The zero-order chi connectivity index (χ0) is 17.7. The molecule has 3 N–H and O–H groups in total. The second-order valence-corrected chi connectivity index (χ2v) is 5.58. The second-order valence-electron chi connectivity index (χ2n) is 5.58. The number of rotatable bonds is 6. The van der Waals surface area contributed by atoms with Crippen LogP contribution in [0.25, 0.3) is 0 Å². The average molecular weight is 338 g/mol. The first-order valence-corrected chi connectivity index (χ1v) is 7.86. The number of halogens is 1. The van der Waals surface area contributed by atoms with Crippen molar-refractivity contribution in [3.05, 3.63) is 24.0 Å². The van der Waals surface area contributed by atoms with E-state index in [1.807, 2.05) is 6.92 Å². The largest absolute Gasteiger partial charge is 0.370 e. The summed E-state index contributed by atoms with van der Waals surface area (Å²) in [5.41, 5.74) is 6.13. The first kappa shape index (κ1) is 18.3. The summed E-state index contributed by atoms with van der Waals surface area (Å²) in [4.78, 5) is 27.3. The number of ether oxygens (including phenoxy) is 1. The molecule has 1 fully saturated rings. The van der Waals surface area contributed by atoms with Gasteiger partial charge < -0.3 is 20.7 Å². The van der Waals surface area contributed by atoms with Gasteiger partial charge >= 0.3 is 0 Å². The molecule has 0 aromatic heterocycles. The molecule has 2 rings (SSSR count). The van der Waals surface area contributed by atoms with Gasteiger partial charge in [-0.2, -0.15) is 0 Å². The third kappa shape index (κ3) is 4.08. The van der Waals surface area contributed by atoms with E-state index in [0.717, 1.165) is 0 Å². The van der Waals surface area contributed by atoms with Crippen LogP contribution < -0.4 is 16.0 Å². The SMILES string of the molecule is CCN(C)[C@@H](CN)C(=O)Nc1ccc(N2CCOCC2=O)cc1F. The lowest BCUT2D eigenvalue weighted by atomic mass is 10.2. The lowest BCUT2D eigenvalue weighted by molar-refractivity contribution is -0.125. The predicted molar refractivity (Wildman–Crippen MR) is 89.3 cm³/mol. The lowest BCUT2D eigenvalue weighted by Crippen LogP contribution is -2.46. The van der Waals surface area contributed by atoms with Gasteiger partial charge in [0.15, 0.2) is 0 Å². The third-order valence-corrected chi connectivity index (χ3v) is 4.06. The summed E-state index contributed by atoms with van der Waals surface area (Å²) in [5, 5.41) is 2.55. The molecule has 1 aromatic rings. The van der Waals surface area contributed by atoms with Gasteiger partial charge in [-0.15, -0.1) is 0 Å². The molecular weight excluding hydrogens is 315 g/mol. The Morgan fingerprint density at radius 3 is 2.88 bits per heavy atom. The highest BCUT2D eigenvalue weighted by atomic mass is 19.1. The molecule has 132 valence electrons. The molecule has 1 atom stereocenters. The molecule has 1 heterocycles. The fourth-order valence-electron chi connectivity index (χ4n) is 2.49. The van der Waals surface area contributed by atoms with Crippen molar-refractivity contribution in [3.8, 4) is 0 Å². The normalized spacial score (nSPS) is 16.4. The molecule has 2 amide bonds. The van der Waals surface area contributed by atoms with Crippen LogP contribution in [0.3, 0.4) is 0 Å². The van der Waals surface area contributed by atoms with Crippen molar-refractivity contribution in [3.63, 3.8) is 0 Å². The van der Waals surface area contributed by atoms with Crippen LogP contribution in [0.15, 0.2) is 18.2 Å². The highest BCUT2D eigenvalue weighted by Gasteiger charge is 2.23. The molecular formula is C16H23FN4O3. The van der Waals surface area contributed by atoms with E-state index < -0.39 is 11.9 Å². The van der Waals surface area contributed by atoms with E-state index in [2.05, 4.69) is 5.32 Å². The summed E-state index contributed by atoms with van der Waals surface area (Å²) < 4.78 is 19.4. The number of nitrogens with two attached hydrogens (primary N) is 1. The van der Waals surface area contributed by atoms with Crippen LogP contribution in [-0.4, -0.2) is 62.7 Å². The zero-order valence-corrected chi connectivity index (χ0v) is 13.9. The summed E-state index contributed by atoms with van der Waals surface area (Å²) in [6.45, 7) is 3.47. The van der Waals surface area contributed by atoms with Crippen molar-refractivity contribution >= 4 is 23.2 Å².